The van der Waals surface area contributed by atoms with Gasteiger partial charge >= 0.3 is 0 Å². The van der Waals surface area contributed by atoms with E-state index in [9.17, 15) is 0 Å². The van der Waals surface area contributed by atoms with E-state index >= 15 is 0 Å². The van der Waals surface area contributed by atoms with Gasteiger partial charge in [-0.15, -0.1) is 0 Å². The van der Waals surface area contributed by atoms with Gasteiger partial charge in [-0.1, -0.05) is 12.1 Å². The Hall–Kier alpha value is -2.62. The zero-order valence-corrected chi connectivity index (χ0v) is 9.58. The van der Waals surface area contributed by atoms with Crippen LogP contribution in [0.4, 0.5) is 0 Å². The monoisotopic (exact) mass is 237 g/mol. The molecule has 0 aliphatic carbocycles. The normalized spacial score (nSPS) is 10.2. The Bertz CT molecular complexity index is 727. The predicted molar refractivity (Wildman–Crippen MR) is 70.1 cm³/mol. The van der Waals surface area contributed by atoms with Crippen LogP contribution in [0.5, 0.6) is 0 Å². The summed E-state index contributed by atoms with van der Waals surface area (Å²) >= 11 is 0. The topological polar surface area (TPSA) is 54.7 Å². The maximum absolute atomic E-state index is 4.47. The molecule has 0 bridgehead atoms. The lowest BCUT2D eigenvalue weighted by Gasteiger charge is -1.97. The van der Waals surface area contributed by atoms with Crippen LogP contribution in [-0.4, -0.2) is 15.0 Å². The summed E-state index contributed by atoms with van der Waals surface area (Å²) in [6.45, 7) is 0. The van der Waals surface area contributed by atoms with Crippen LogP contribution >= 0.6 is 0 Å². The van der Waals surface area contributed by atoms with E-state index in [1.54, 1.807) is 6.20 Å². The number of nitrogens with zero attached hydrogens (tertiary/aromatic N) is 2. The van der Waals surface area contributed by atoms with Gasteiger partial charge in [-0.05, 0) is 23.6 Å². The number of hydrogen-bond donors (Lipinski definition) is 1. The number of fused-ring (bicyclic) bond motifs is 3. The van der Waals surface area contributed by atoms with Crippen molar-refractivity contribution in [1.29, 1.82) is 0 Å². The van der Waals surface area contributed by atoms with E-state index in [1.165, 1.54) is 23.4 Å². The second kappa shape index (κ2) is 4.71. The minimum atomic E-state index is 1.05. The van der Waals surface area contributed by atoms with Crippen molar-refractivity contribution in [3.8, 4) is 0 Å². The largest absolute Gasteiger partial charge is 0.452 e. The smallest absolute Gasteiger partial charge is 0.180 e. The second-order valence-electron chi connectivity index (χ2n) is 3.75. The molecule has 1 aromatic carbocycles. The molecule has 0 spiro atoms. The van der Waals surface area contributed by atoms with E-state index in [4.69, 9.17) is 0 Å². The molecule has 0 atom stereocenters. The van der Waals surface area contributed by atoms with Crippen LogP contribution in [0.15, 0.2) is 66.0 Å². The van der Waals surface area contributed by atoms with Gasteiger partial charge in [0, 0.05) is 17.8 Å². The van der Waals surface area contributed by atoms with Crippen LogP contribution in [-0.2, 0) is 0 Å². The first-order chi connectivity index (χ1) is 8.95. The molecule has 0 saturated heterocycles. The zero-order chi connectivity index (χ0) is 12.2. The Morgan fingerprint density at radius 1 is 1.06 bits per heavy atom. The summed E-state index contributed by atoms with van der Waals surface area (Å²) in [6, 6.07) is 10.3. The van der Waals surface area contributed by atoms with Gasteiger partial charge in [0.1, 0.15) is 6.26 Å². The molecule has 4 rings (SSSR count). The standard InChI is InChI=1S/C11H8N2.C3H3NO/c1-2-8-3-4-10-9(5-7-12-10)11(8)13-6-1;1-2-5-3-4-1/h1-7,13H;1-3H. The van der Waals surface area contributed by atoms with Gasteiger partial charge in [0.15, 0.2) is 6.39 Å². The van der Waals surface area contributed by atoms with E-state index in [0.29, 0.717) is 0 Å². The van der Waals surface area contributed by atoms with Crippen LogP contribution < -0.4 is 0 Å². The van der Waals surface area contributed by atoms with Gasteiger partial charge in [-0.25, -0.2) is 4.98 Å². The van der Waals surface area contributed by atoms with Crippen molar-refractivity contribution in [3.05, 3.63) is 61.6 Å². The number of H-pyrrole nitrogens is 1. The maximum Gasteiger partial charge on any atom is 0.180 e. The Morgan fingerprint density at radius 2 is 2.06 bits per heavy atom. The van der Waals surface area contributed by atoms with Crippen molar-refractivity contribution < 1.29 is 4.42 Å². The van der Waals surface area contributed by atoms with Crippen LogP contribution in [0, 0.1) is 0 Å². The minimum Gasteiger partial charge on any atom is -0.452 e. The highest BCUT2D eigenvalue weighted by molar-refractivity contribution is 6.03. The molecule has 0 amide bonds. The van der Waals surface area contributed by atoms with E-state index < -0.39 is 0 Å². The Morgan fingerprint density at radius 3 is 2.83 bits per heavy atom. The van der Waals surface area contributed by atoms with Crippen molar-refractivity contribution in [2.45, 2.75) is 0 Å². The molecule has 0 unspecified atom stereocenters. The average Bonchev–Trinajstić information content (AvgIpc) is 3.12. The van der Waals surface area contributed by atoms with Gasteiger partial charge in [-0.2, -0.15) is 0 Å². The van der Waals surface area contributed by atoms with Crippen molar-refractivity contribution in [3.63, 3.8) is 0 Å². The number of pyridine rings is 1. The quantitative estimate of drug-likeness (QED) is 0.510. The lowest BCUT2D eigenvalue weighted by molar-refractivity contribution is 0.558. The van der Waals surface area contributed by atoms with Crippen molar-refractivity contribution in [1.82, 2.24) is 15.0 Å². The summed E-state index contributed by atoms with van der Waals surface area (Å²) in [5.74, 6) is 0. The van der Waals surface area contributed by atoms with Crippen LogP contribution in [0.1, 0.15) is 0 Å². The highest BCUT2D eigenvalue weighted by atomic mass is 16.3. The third kappa shape index (κ3) is 1.96. The minimum absolute atomic E-state index is 1.05. The third-order valence-corrected chi connectivity index (χ3v) is 2.66. The first-order valence-corrected chi connectivity index (χ1v) is 5.58. The fraction of sp³-hybridized carbons (Fsp3) is 0. The molecule has 1 N–H and O–H groups in total. The molecule has 4 nitrogen and oxygen atoms in total. The van der Waals surface area contributed by atoms with Gasteiger partial charge < -0.3 is 9.40 Å². The first-order valence-electron chi connectivity index (χ1n) is 5.58. The highest BCUT2D eigenvalue weighted by Crippen LogP contribution is 2.21. The molecule has 0 saturated carbocycles. The van der Waals surface area contributed by atoms with Gasteiger partial charge in [0.25, 0.3) is 0 Å². The summed E-state index contributed by atoms with van der Waals surface area (Å²) in [6.07, 6.45) is 8.25. The number of aromatic nitrogens is 3. The van der Waals surface area contributed by atoms with Gasteiger partial charge in [-0.3, -0.25) is 4.98 Å². The molecular weight excluding hydrogens is 226 g/mol. The number of rotatable bonds is 0. The first kappa shape index (κ1) is 10.5. The average molecular weight is 237 g/mol. The molecule has 0 fully saturated rings. The molecule has 3 aromatic heterocycles. The molecule has 0 radical (unpaired) electrons. The molecule has 88 valence electrons. The lowest BCUT2D eigenvalue weighted by Crippen LogP contribution is -1.77. The zero-order valence-electron chi connectivity index (χ0n) is 9.58. The van der Waals surface area contributed by atoms with Gasteiger partial charge in [0.2, 0.25) is 0 Å². The Kier molecular flexibility index (Phi) is 2.75. The molecule has 4 aromatic rings. The highest BCUT2D eigenvalue weighted by Gasteiger charge is 1.99. The summed E-state index contributed by atoms with van der Waals surface area (Å²) in [7, 11) is 0. The number of benzene rings is 1. The fourth-order valence-electron chi connectivity index (χ4n) is 1.86. The second-order valence-corrected chi connectivity index (χ2v) is 3.75. The van der Waals surface area contributed by atoms with E-state index in [2.05, 4.69) is 31.5 Å². The molecular formula is C14H11N3O. The van der Waals surface area contributed by atoms with Gasteiger partial charge in [0.05, 0.1) is 17.2 Å². The SMILES string of the molecule is c1c[nH]c2c(c1)ccc1nccc12.c1cocn1. The predicted octanol–water partition coefficient (Wildman–Crippen LogP) is 3.39. The number of nitrogens with one attached hydrogen (secondary N) is 1. The summed E-state index contributed by atoms with van der Waals surface area (Å²) < 4.78 is 4.47. The molecule has 4 heteroatoms. The fourth-order valence-corrected chi connectivity index (χ4v) is 1.86. The molecule has 0 aliphatic heterocycles. The molecule has 0 aliphatic rings. The number of aromatic amines is 1. The summed E-state index contributed by atoms with van der Waals surface area (Å²) in [5.41, 5.74) is 2.22. The van der Waals surface area contributed by atoms with Crippen molar-refractivity contribution in [2.75, 3.05) is 0 Å². The molecule has 18 heavy (non-hydrogen) atoms. The van der Waals surface area contributed by atoms with Crippen LogP contribution in [0.3, 0.4) is 0 Å². The summed E-state index contributed by atoms with van der Waals surface area (Å²) in [5, 5.41) is 2.42. The number of hydrogen-bond acceptors (Lipinski definition) is 3. The summed E-state index contributed by atoms with van der Waals surface area (Å²) in [4.78, 5) is 11.0. The lowest BCUT2D eigenvalue weighted by atomic mass is 10.1. The van der Waals surface area contributed by atoms with E-state index in [1.807, 2.05) is 30.6 Å². The Labute approximate surface area is 103 Å². The van der Waals surface area contributed by atoms with E-state index in [0.717, 1.165) is 11.0 Å². The third-order valence-electron chi connectivity index (χ3n) is 2.66. The van der Waals surface area contributed by atoms with E-state index in [-0.39, 0.29) is 0 Å². The Balaban J connectivity index is 0.000000169. The van der Waals surface area contributed by atoms with Crippen molar-refractivity contribution >= 4 is 21.8 Å². The van der Waals surface area contributed by atoms with Crippen LogP contribution in [0.2, 0.25) is 0 Å². The molecule has 3 heterocycles. The van der Waals surface area contributed by atoms with Crippen molar-refractivity contribution in [2.24, 2.45) is 0 Å². The number of oxazole rings is 1. The maximum atomic E-state index is 4.47. The van der Waals surface area contributed by atoms with Crippen LogP contribution in [0.25, 0.3) is 21.8 Å².